The maximum Gasteiger partial charge on any atom is 0.243 e. The third kappa shape index (κ3) is 5.03. The number of aromatic nitrogens is 2. The van der Waals surface area contributed by atoms with E-state index in [1.165, 1.54) is 12.1 Å². The number of fused-ring (bicyclic) bond motifs is 1. The monoisotopic (exact) mass is 503 g/mol. The minimum absolute atomic E-state index is 0.126. The molecule has 0 unspecified atom stereocenters. The summed E-state index contributed by atoms with van der Waals surface area (Å²) >= 11 is 1.57. The predicted octanol–water partition coefficient (Wildman–Crippen LogP) is 5.07. The molecule has 3 aromatic rings. The average Bonchev–Trinajstić information content (AvgIpc) is 3.46. The fraction of sp³-hybridized carbons (Fsp3) is 0.480. The van der Waals surface area contributed by atoms with Crippen molar-refractivity contribution in [3.8, 4) is 0 Å². The summed E-state index contributed by atoms with van der Waals surface area (Å²) in [5.74, 6) is 0.759. The van der Waals surface area contributed by atoms with Crippen molar-refractivity contribution in [3.63, 3.8) is 0 Å². The molecule has 9 heteroatoms. The lowest BCUT2D eigenvalue weighted by atomic mass is 10.0. The largest absolute Gasteiger partial charge is 0.376 e. The third-order valence-electron chi connectivity index (χ3n) is 6.63. The second kappa shape index (κ2) is 9.97. The fourth-order valence-electron chi connectivity index (χ4n) is 4.77. The van der Waals surface area contributed by atoms with E-state index in [2.05, 4.69) is 11.5 Å². The fourth-order valence-corrected chi connectivity index (χ4v) is 7.37. The highest BCUT2D eigenvalue weighted by molar-refractivity contribution is 7.98. The second-order valence-electron chi connectivity index (χ2n) is 9.32. The topological polar surface area (TPSA) is 64.4 Å². The van der Waals surface area contributed by atoms with Gasteiger partial charge in [0.1, 0.15) is 5.82 Å². The van der Waals surface area contributed by atoms with E-state index in [-0.39, 0.29) is 11.9 Å². The molecule has 2 atom stereocenters. The van der Waals surface area contributed by atoms with Crippen LogP contribution in [-0.2, 0) is 27.1 Å². The van der Waals surface area contributed by atoms with Crippen molar-refractivity contribution < 1.29 is 17.5 Å². The second-order valence-corrected chi connectivity index (χ2v) is 12.2. The summed E-state index contributed by atoms with van der Waals surface area (Å²) < 4.78 is 49.5. The van der Waals surface area contributed by atoms with Crippen LogP contribution in [0.4, 0.5) is 4.39 Å². The van der Waals surface area contributed by atoms with E-state index in [0.717, 1.165) is 48.5 Å². The van der Waals surface area contributed by atoms with Gasteiger partial charge in [0.15, 0.2) is 5.16 Å². The maximum atomic E-state index is 13.3. The molecule has 0 N–H and O–H groups in total. The Kier molecular flexibility index (Phi) is 6.97. The van der Waals surface area contributed by atoms with Crippen LogP contribution in [0.5, 0.6) is 0 Å². The molecular weight excluding hydrogens is 473 g/mol. The minimum Gasteiger partial charge on any atom is -0.376 e. The van der Waals surface area contributed by atoms with Crippen LogP contribution in [0.15, 0.2) is 52.5 Å². The number of halogens is 1. The Morgan fingerprint density at radius 1 is 1.15 bits per heavy atom. The van der Waals surface area contributed by atoms with Crippen LogP contribution >= 0.6 is 11.8 Å². The van der Waals surface area contributed by atoms with Crippen LogP contribution in [-0.4, -0.2) is 48.1 Å². The molecule has 3 heterocycles. The molecule has 2 fully saturated rings. The van der Waals surface area contributed by atoms with E-state index in [1.807, 2.05) is 6.07 Å². The highest BCUT2D eigenvalue weighted by atomic mass is 32.2. The van der Waals surface area contributed by atoms with E-state index in [9.17, 15) is 12.8 Å². The maximum absolute atomic E-state index is 13.3. The Labute approximate surface area is 204 Å². The molecule has 6 nitrogen and oxygen atoms in total. The number of piperidine rings is 1. The third-order valence-corrected chi connectivity index (χ3v) is 9.54. The first kappa shape index (κ1) is 23.8. The van der Waals surface area contributed by atoms with Crippen LogP contribution in [0.1, 0.15) is 38.2 Å². The molecule has 2 aliphatic heterocycles. The van der Waals surface area contributed by atoms with Crippen LogP contribution in [0.3, 0.4) is 0 Å². The van der Waals surface area contributed by atoms with Crippen molar-refractivity contribution in [3.05, 3.63) is 53.8 Å². The van der Waals surface area contributed by atoms with Gasteiger partial charge in [-0.25, -0.2) is 17.8 Å². The van der Waals surface area contributed by atoms with Gasteiger partial charge in [0.05, 0.1) is 28.6 Å². The van der Waals surface area contributed by atoms with Gasteiger partial charge in [-0.05, 0) is 67.5 Å². The van der Waals surface area contributed by atoms with Gasteiger partial charge in [-0.3, -0.25) is 0 Å². The summed E-state index contributed by atoms with van der Waals surface area (Å²) in [6.07, 6.45) is 4.13. The van der Waals surface area contributed by atoms with Crippen LogP contribution in [0, 0.1) is 11.7 Å². The molecule has 2 saturated heterocycles. The van der Waals surface area contributed by atoms with Gasteiger partial charge in [-0.15, -0.1) is 0 Å². The molecule has 0 bridgehead atoms. The number of imidazole rings is 1. The minimum atomic E-state index is -3.55. The number of hydrogen-bond acceptors (Lipinski definition) is 5. The molecule has 0 saturated carbocycles. The van der Waals surface area contributed by atoms with E-state index in [1.54, 1.807) is 40.3 Å². The zero-order chi connectivity index (χ0) is 23.7. The molecule has 2 aliphatic rings. The standard InChI is InChI=1S/C25H30FN3O3S2/c1-18-4-2-12-28(15-18)34(30,31)22-10-11-24-23(14-22)27-25(29(24)16-21-5-3-13-32-21)33-17-19-6-8-20(26)9-7-19/h6-11,14,18,21H,2-5,12-13,15-17H2,1H3/t18-,21-/m0/s1. The average molecular weight is 504 g/mol. The number of thioether (sulfide) groups is 1. The quantitative estimate of drug-likeness (QED) is 0.422. The van der Waals surface area contributed by atoms with Gasteiger partial charge in [-0.2, -0.15) is 4.31 Å². The van der Waals surface area contributed by atoms with Gasteiger partial charge >= 0.3 is 0 Å². The lowest BCUT2D eigenvalue weighted by molar-refractivity contribution is 0.0960. The van der Waals surface area contributed by atoms with Crippen molar-refractivity contribution in [2.75, 3.05) is 19.7 Å². The molecule has 182 valence electrons. The lowest BCUT2D eigenvalue weighted by Crippen LogP contribution is -2.39. The Hall–Kier alpha value is -1.94. The smallest absolute Gasteiger partial charge is 0.243 e. The summed E-state index contributed by atoms with van der Waals surface area (Å²) in [6.45, 7) is 4.68. The van der Waals surface area contributed by atoms with Crippen molar-refractivity contribution in [2.24, 2.45) is 5.92 Å². The molecule has 2 aromatic carbocycles. The van der Waals surface area contributed by atoms with Crippen LogP contribution < -0.4 is 0 Å². The van der Waals surface area contributed by atoms with E-state index in [4.69, 9.17) is 9.72 Å². The first-order valence-electron chi connectivity index (χ1n) is 11.9. The van der Waals surface area contributed by atoms with E-state index < -0.39 is 10.0 Å². The van der Waals surface area contributed by atoms with Crippen LogP contribution in [0.25, 0.3) is 11.0 Å². The summed E-state index contributed by atoms with van der Waals surface area (Å²) in [6, 6.07) is 11.8. The van der Waals surface area contributed by atoms with Gasteiger partial charge in [0, 0.05) is 25.4 Å². The highest BCUT2D eigenvalue weighted by Gasteiger charge is 2.29. The molecule has 0 spiro atoms. The van der Waals surface area contributed by atoms with E-state index >= 15 is 0 Å². The number of rotatable bonds is 7. The number of sulfonamides is 1. The normalized spacial score (nSPS) is 21.9. The molecule has 0 aliphatic carbocycles. The first-order valence-corrected chi connectivity index (χ1v) is 14.3. The van der Waals surface area contributed by atoms with Gasteiger partial charge in [0.25, 0.3) is 0 Å². The molecule has 34 heavy (non-hydrogen) atoms. The molecular formula is C25H30FN3O3S2. The van der Waals surface area contributed by atoms with Gasteiger partial charge in [-0.1, -0.05) is 30.8 Å². The highest BCUT2D eigenvalue weighted by Crippen LogP contribution is 2.31. The first-order chi connectivity index (χ1) is 16.4. The number of ether oxygens (including phenoxy) is 1. The zero-order valence-corrected chi connectivity index (χ0v) is 21.0. The summed E-state index contributed by atoms with van der Waals surface area (Å²) in [4.78, 5) is 5.13. The Bertz CT molecular complexity index is 1250. The van der Waals surface area contributed by atoms with E-state index in [0.29, 0.717) is 41.7 Å². The zero-order valence-electron chi connectivity index (χ0n) is 19.3. The molecule has 0 radical (unpaired) electrons. The van der Waals surface area contributed by atoms with Crippen molar-refractivity contribution in [2.45, 2.75) is 61.1 Å². The lowest BCUT2D eigenvalue weighted by Gasteiger charge is -2.30. The summed E-state index contributed by atoms with van der Waals surface area (Å²) in [5, 5.41) is 0.816. The van der Waals surface area contributed by atoms with Crippen LogP contribution in [0.2, 0.25) is 0 Å². The number of benzene rings is 2. The SMILES string of the molecule is C[C@H]1CCCN(S(=O)(=O)c2ccc3c(c2)nc(SCc2ccc(F)cc2)n3C[C@@H]2CCCO2)C1. The predicted molar refractivity (Wildman–Crippen MR) is 132 cm³/mol. The van der Waals surface area contributed by atoms with Crippen molar-refractivity contribution in [1.82, 2.24) is 13.9 Å². The molecule has 5 rings (SSSR count). The number of nitrogens with zero attached hydrogens (tertiary/aromatic N) is 3. The molecule has 1 aromatic heterocycles. The summed E-state index contributed by atoms with van der Waals surface area (Å²) in [7, 11) is -3.55. The Morgan fingerprint density at radius 2 is 1.97 bits per heavy atom. The summed E-state index contributed by atoms with van der Waals surface area (Å²) in [5.41, 5.74) is 2.58. The number of hydrogen-bond donors (Lipinski definition) is 0. The van der Waals surface area contributed by atoms with Crippen molar-refractivity contribution in [1.29, 1.82) is 0 Å². The Balaban J connectivity index is 1.46. The van der Waals surface area contributed by atoms with Gasteiger partial charge in [0.2, 0.25) is 10.0 Å². The Morgan fingerprint density at radius 3 is 2.71 bits per heavy atom. The van der Waals surface area contributed by atoms with Gasteiger partial charge < -0.3 is 9.30 Å². The molecule has 0 amide bonds. The van der Waals surface area contributed by atoms with Crippen molar-refractivity contribution >= 4 is 32.8 Å².